The van der Waals surface area contributed by atoms with Crippen molar-refractivity contribution in [2.45, 2.75) is 45.6 Å². The van der Waals surface area contributed by atoms with Gasteiger partial charge in [-0.2, -0.15) is 0 Å². The average Bonchev–Trinajstić information content (AvgIpc) is 2.94. The summed E-state index contributed by atoms with van der Waals surface area (Å²) in [7, 11) is 0. The maximum absolute atomic E-state index is 12.1. The predicted molar refractivity (Wildman–Crippen MR) is 66.6 cm³/mol. The lowest BCUT2D eigenvalue weighted by atomic mass is 10.0. The highest BCUT2D eigenvalue weighted by Crippen LogP contribution is 2.22. The average molecular weight is 252 g/mol. The lowest BCUT2D eigenvalue weighted by Crippen LogP contribution is -2.32. The molecule has 1 aliphatic heterocycles. The molecule has 5 nitrogen and oxygen atoms in total. The predicted octanol–water partition coefficient (Wildman–Crippen LogP) is 2.02. The first-order valence-corrected chi connectivity index (χ1v) is 6.45. The fourth-order valence-electron chi connectivity index (χ4n) is 2.16. The van der Waals surface area contributed by atoms with E-state index in [1.165, 1.54) is 0 Å². The standard InChI is InChI=1S/C13H20N2O3/c1-8(2)12-11(9(3)15-18-12)13(16)14-7-10-5-4-6-17-10/h8,10H,4-7H2,1-3H3,(H,14,16). The summed E-state index contributed by atoms with van der Waals surface area (Å²) in [5.41, 5.74) is 1.21. The normalized spacial score (nSPS) is 19.4. The van der Waals surface area contributed by atoms with Gasteiger partial charge in [0.25, 0.3) is 5.91 Å². The summed E-state index contributed by atoms with van der Waals surface area (Å²) >= 11 is 0. The van der Waals surface area contributed by atoms with Gasteiger partial charge in [-0.25, -0.2) is 0 Å². The van der Waals surface area contributed by atoms with Crippen molar-refractivity contribution in [3.05, 3.63) is 17.0 Å². The maximum atomic E-state index is 12.1. The van der Waals surface area contributed by atoms with Crippen LogP contribution in [0.1, 0.15) is 54.4 Å². The van der Waals surface area contributed by atoms with Gasteiger partial charge in [-0.15, -0.1) is 0 Å². The number of carbonyl (C=O) groups is 1. The highest BCUT2D eigenvalue weighted by atomic mass is 16.5. The maximum Gasteiger partial charge on any atom is 0.256 e. The van der Waals surface area contributed by atoms with Crippen LogP contribution in [0.3, 0.4) is 0 Å². The van der Waals surface area contributed by atoms with Crippen molar-refractivity contribution in [2.24, 2.45) is 0 Å². The molecule has 1 saturated heterocycles. The molecule has 1 N–H and O–H groups in total. The van der Waals surface area contributed by atoms with E-state index in [1.54, 1.807) is 6.92 Å². The molecular formula is C13H20N2O3. The van der Waals surface area contributed by atoms with E-state index >= 15 is 0 Å². The van der Waals surface area contributed by atoms with Gasteiger partial charge in [0.1, 0.15) is 5.56 Å². The first-order chi connectivity index (χ1) is 8.59. The van der Waals surface area contributed by atoms with Crippen LogP contribution in [0.25, 0.3) is 0 Å². The van der Waals surface area contributed by atoms with Crippen LogP contribution in [0.4, 0.5) is 0 Å². The molecule has 100 valence electrons. The summed E-state index contributed by atoms with van der Waals surface area (Å²) in [6.07, 6.45) is 2.24. The summed E-state index contributed by atoms with van der Waals surface area (Å²) in [6, 6.07) is 0. The Morgan fingerprint density at radius 3 is 2.94 bits per heavy atom. The SMILES string of the molecule is Cc1noc(C(C)C)c1C(=O)NCC1CCCO1. The van der Waals surface area contributed by atoms with Gasteiger partial charge in [0.05, 0.1) is 11.8 Å². The van der Waals surface area contributed by atoms with E-state index in [4.69, 9.17) is 9.26 Å². The molecule has 1 amide bonds. The minimum Gasteiger partial charge on any atom is -0.376 e. The molecule has 0 saturated carbocycles. The number of nitrogens with one attached hydrogen (secondary N) is 1. The Bertz CT molecular complexity index is 420. The first kappa shape index (κ1) is 13.1. The highest BCUT2D eigenvalue weighted by molar-refractivity contribution is 5.96. The van der Waals surface area contributed by atoms with Crippen LogP contribution in [-0.2, 0) is 4.74 Å². The number of rotatable bonds is 4. The number of nitrogens with zero attached hydrogens (tertiary/aromatic N) is 1. The molecule has 0 radical (unpaired) electrons. The molecular weight excluding hydrogens is 232 g/mol. The van der Waals surface area contributed by atoms with E-state index in [1.807, 2.05) is 13.8 Å². The summed E-state index contributed by atoms with van der Waals surface area (Å²) < 4.78 is 10.7. The molecule has 1 unspecified atom stereocenters. The van der Waals surface area contributed by atoms with E-state index in [9.17, 15) is 4.79 Å². The molecule has 5 heteroatoms. The number of hydrogen-bond acceptors (Lipinski definition) is 4. The molecule has 1 aromatic heterocycles. The summed E-state index contributed by atoms with van der Waals surface area (Å²) in [6.45, 7) is 7.11. The quantitative estimate of drug-likeness (QED) is 0.890. The molecule has 0 aliphatic carbocycles. The topological polar surface area (TPSA) is 64.4 Å². The summed E-state index contributed by atoms with van der Waals surface area (Å²) in [5.74, 6) is 0.681. The second kappa shape index (κ2) is 5.52. The Labute approximate surface area is 107 Å². The largest absolute Gasteiger partial charge is 0.376 e. The van der Waals surface area contributed by atoms with Crippen LogP contribution >= 0.6 is 0 Å². The Morgan fingerprint density at radius 2 is 2.33 bits per heavy atom. The number of aromatic nitrogens is 1. The molecule has 0 aromatic carbocycles. The monoisotopic (exact) mass is 252 g/mol. The molecule has 1 fully saturated rings. The lowest BCUT2D eigenvalue weighted by molar-refractivity contribution is 0.0855. The minimum atomic E-state index is -0.118. The molecule has 0 bridgehead atoms. The minimum absolute atomic E-state index is 0.118. The molecule has 2 rings (SSSR count). The highest BCUT2D eigenvalue weighted by Gasteiger charge is 2.23. The fraction of sp³-hybridized carbons (Fsp3) is 0.692. The van der Waals surface area contributed by atoms with Crippen LogP contribution in [-0.4, -0.2) is 30.3 Å². The second-order valence-electron chi connectivity index (χ2n) is 5.01. The van der Waals surface area contributed by atoms with Crippen LogP contribution in [0.2, 0.25) is 0 Å². The zero-order valence-corrected chi connectivity index (χ0v) is 11.2. The smallest absolute Gasteiger partial charge is 0.256 e. The van der Waals surface area contributed by atoms with Crippen LogP contribution in [0.5, 0.6) is 0 Å². The van der Waals surface area contributed by atoms with Gasteiger partial charge in [0.15, 0.2) is 5.76 Å². The first-order valence-electron chi connectivity index (χ1n) is 6.45. The molecule has 1 atom stereocenters. The third-order valence-corrected chi connectivity index (χ3v) is 3.15. The van der Waals surface area contributed by atoms with Gasteiger partial charge in [-0.05, 0) is 19.8 Å². The van der Waals surface area contributed by atoms with E-state index in [0.29, 0.717) is 23.6 Å². The second-order valence-corrected chi connectivity index (χ2v) is 5.01. The third-order valence-electron chi connectivity index (χ3n) is 3.15. The van der Waals surface area contributed by atoms with Crippen molar-refractivity contribution >= 4 is 5.91 Å². The zero-order chi connectivity index (χ0) is 13.1. The molecule has 1 aliphatic rings. The van der Waals surface area contributed by atoms with Gasteiger partial charge in [0.2, 0.25) is 0 Å². The van der Waals surface area contributed by atoms with Gasteiger partial charge in [-0.3, -0.25) is 4.79 Å². The van der Waals surface area contributed by atoms with Crippen molar-refractivity contribution in [3.63, 3.8) is 0 Å². The Hall–Kier alpha value is -1.36. The fourth-order valence-corrected chi connectivity index (χ4v) is 2.16. The van der Waals surface area contributed by atoms with Crippen molar-refractivity contribution in [1.82, 2.24) is 10.5 Å². The number of aryl methyl sites for hydroxylation is 1. The Kier molecular flexibility index (Phi) is 4.01. The van der Waals surface area contributed by atoms with Crippen LogP contribution in [0, 0.1) is 6.92 Å². The number of amides is 1. The van der Waals surface area contributed by atoms with Gasteiger partial charge in [-0.1, -0.05) is 19.0 Å². The van der Waals surface area contributed by atoms with E-state index in [-0.39, 0.29) is 17.9 Å². The molecule has 1 aromatic rings. The van der Waals surface area contributed by atoms with Crippen molar-refractivity contribution in [2.75, 3.05) is 13.2 Å². The zero-order valence-electron chi connectivity index (χ0n) is 11.2. The molecule has 2 heterocycles. The Balaban J connectivity index is 2.01. The van der Waals surface area contributed by atoms with Gasteiger partial charge >= 0.3 is 0 Å². The Morgan fingerprint density at radius 1 is 1.56 bits per heavy atom. The summed E-state index contributed by atoms with van der Waals surface area (Å²) in [4.78, 5) is 12.1. The number of carbonyl (C=O) groups excluding carboxylic acids is 1. The number of hydrogen-bond donors (Lipinski definition) is 1. The van der Waals surface area contributed by atoms with E-state index < -0.39 is 0 Å². The molecule has 0 spiro atoms. The van der Waals surface area contributed by atoms with Crippen LogP contribution in [0.15, 0.2) is 4.52 Å². The van der Waals surface area contributed by atoms with Gasteiger partial charge < -0.3 is 14.6 Å². The van der Waals surface area contributed by atoms with Crippen molar-refractivity contribution < 1.29 is 14.1 Å². The summed E-state index contributed by atoms with van der Waals surface area (Å²) in [5, 5.41) is 6.77. The van der Waals surface area contributed by atoms with Crippen LogP contribution < -0.4 is 5.32 Å². The third kappa shape index (κ3) is 2.72. The van der Waals surface area contributed by atoms with Gasteiger partial charge in [0, 0.05) is 19.1 Å². The number of ether oxygens (including phenoxy) is 1. The van der Waals surface area contributed by atoms with E-state index in [0.717, 1.165) is 19.4 Å². The lowest BCUT2D eigenvalue weighted by Gasteiger charge is -2.11. The van der Waals surface area contributed by atoms with Crippen molar-refractivity contribution in [3.8, 4) is 0 Å². The van der Waals surface area contributed by atoms with Crippen molar-refractivity contribution in [1.29, 1.82) is 0 Å². The van der Waals surface area contributed by atoms with E-state index in [2.05, 4.69) is 10.5 Å². The molecule has 18 heavy (non-hydrogen) atoms.